The second-order valence-corrected chi connectivity index (χ2v) is 7.62. The van der Waals surface area contributed by atoms with Crippen molar-refractivity contribution in [3.05, 3.63) is 44.2 Å². The molecular formula is C20H20ClN5O5. The molecule has 2 aromatic rings. The van der Waals surface area contributed by atoms with E-state index >= 15 is 0 Å². The number of nitrogens with zero attached hydrogens (tertiary/aromatic N) is 4. The van der Waals surface area contributed by atoms with Gasteiger partial charge in [0.25, 0.3) is 11.6 Å². The molecule has 162 valence electrons. The maximum atomic E-state index is 12.7. The summed E-state index contributed by atoms with van der Waals surface area (Å²) in [5.74, 6) is -0.0482. The van der Waals surface area contributed by atoms with Crippen molar-refractivity contribution in [2.24, 2.45) is 5.92 Å². The quantitative estimate of drug-likeness (QED) is 0.310. The molecule has 0 atom stereocenters. The van der Waals surface area contributed by atoms with Crippen LogP contribution in [0.5, 0.6) is 11.5 Å². The largest absolute Gasteiger partial charge is 0.486 e. The number of nitro benzene ring substituents is 1. The third-order valence-electron chi connectivity index (χ3n) is 4.41. The minimum absolute atomic E-state index is 0.112. The predicted molar refractivity (Wildman–Crippen MR) is 113 cm³/mol. The number of carbonyl (C=O) groups is 1. The van der Waals surface area contributed by atoms with Crippen LogP contribution in [0, 0.1) is 34.3 Å². The summed E-state index contributed by atoms with van der Waals surface area (Å²) in [6.07, 6.45) is 1.32. The molecule has 0 spiro atoms. The van der Waals surface area contributed by atoms with Gasteiger partial charge in [0.15, 0.2) is 11.5 Å². The van der Waals surface area contributed by atoms with Crippen LogP contribution < -0.4 is 14.8 Å². The highest BCUT2D eigenvalue weighted by Crippen LogP contribution is 2.39. The fourth-order valence-electron chi connectivity index (χ4n) is 3.01. The molecule has 0 saturated heterocycles. The molecule has 3 rings (SSSR count). The van der Waals surface area contributed by atoms with Crippen molar-refractivity contribution in [3.8, 4) is 17.6 Å². The number of rotatable bonds is 6. The molecule has 11 heteroatoms. The Balaban J connectivity index is 1.93. The molecule has 0 unspecified atom stereocenters. The molecule has 0 saturated carbocycles. The predicted octanol–water partition coefficient (Wildman–Crippen LogP) is 3.73. The summed E-state index contributed by atoms with van der Waals surface area (Å²) in [4.78, 5) is 23.5. The fourth-order valence-corrected chi connectivity index (χ4v) is 3.31. The maximum Gasteiger partial charge on any atom is 0.296 e. The monoisotopic (exact) mass is 445 g/mol. The minimum Gasteiger partial charge on any atom is -0.486 e. The van der Waals surface area contributed by atoms with Gasteiger partial charge in [0.2, 0.25) is 0 Å². The lowest BCUT2D eigenvalue weighted by atomic mass is 10.1. The molecule has 0 radical (unpaired) electrons. The van der Waals surface area contributed by atoms with E-state index < -0.39 is 10.8 Å². The van der Waals surface area contributed by atoms with Crippen LogP contribution in [-0.2, 0) is 11.3 Å². The van der Waals surface area contributed by atoms with E-state index in [1.165, 1.54) is 18.2 Å². The Morgan fingerprint density at radius 1 is 1.42 bits per heavy atom. The number of fused-ring (bicyclic) bond motifs is 1. The molecule has 0 fully saturated rings. The van der Waals surface area contributed by atoms with Gasteiger partial charge in [0.1, 0.15) is 35.7 Å². The molecule has 1 aliphatic rings. The van der Waals surface area contributed by atoms with E-state index in [0.29, 0.717) is 28.9 Å². The number of hydrogen-bond acceptors (Lipinski definition) is 7. The van der Waals surface area contributed by atoms with Crippen LogP contribution in [0.2, 0.25) is 5.15 Å². The first-order valence-electron chi connectivity index (χ1n) is 9.45. The smallest absolute Gasteiger partial charge is 0.296 e. The van der Waals surface area contributed by atoms with Gasteiger partial charge >= 0.3 is 0 Å². The molecule has 0 bridgehead atoms. The lowest BCUT2D eigenvalue weighted by Gasteiger charge is -2.19. The topological polar surface area (TPSA) is 132 Å². The molecule has 0 aliphatic carbocycles. The Hall–Kier alpha value is -3.58. The second kappa shape index (κ2) is 9.06. The van der Waals surface area contributed by atoms with Crippen LogP contribution in [-0.4, -0.2) is 33.8 Å². The van der Waals surface area contributed by atoms with Crippen LogP contribution in [0.15, 0.2) is 17.7 Å². The summed E-state index contributed by atoms with van der Waals surface area (Å²) in [5.41, 5.74) is 0.216. The van der Waals surface area contributed by atoms with Gasteiger partial charge in [0.05, 0.1) is 16.7 Å². The van der Waals surface area contributed by atoms with Gasteiger partial charge in [-0.15, -0.1) is 0 Å². The van der Waals surface area contributed by atoms with Gasteiger partial charge < -0.3 is 14.8 Å². The van der Waals surface area contributed by atoms with Gasteiger partial charge in [0, 0.05) is 18.2 Å². The molecule has 10 nitrogen and oxygen atoms in total. The van der Waals surface area contributed by atoms with Crippen molar-refractivity contribution in [1.82, 2.24) is 9.78 Å². The Kier molecular flexibility index (Phi) is 6.46. The van der Waals surface area contributed by atoms with Gasteiger partial charge in [-0.3, -0.25) is 19.6 Å². The summed E-state index contributed by atoms with van der Waals surface area (Å²) in [6.45, 7) is 6.86. The number of carbonyl (C=O) groups excluding carboxylic acids is 1. The van der Waals surface area contributed by atoms with E-state index in [4.69, 9.17) is 21.1 Å². The molecule has 1 amide bonds. The maximum absolute atomic E-state index is 12.7. The van der Waals surface area contributed by atoms with E-state index in [0.717, 1.165) is 0 Å². The zero-order valence-corrected chi connectivity index (χ0v) is 17.9. The molecule has 1 aromatic carbocycles. The van der Waals surface area contributed by atoms with E-state index in [-0.39, 0.29) is 41.7 Å². The Morgan fingerprint density at radius 2 is 2.06 bits per heavy atom. The van der Waals surface area contributed by atoms with Crippen molar-refractivity contribution < 1.29 is 19.2 Å². The molecule has 1 aliphatic heterocycles. The summed E-state index contributed by atoms with van der Waals surface area (Å²) < 4.78 is 12.4. The summed E-state index contributed by atoms with van der Waals surface area (Å²) in [7, 11) is 0. The van der Waals surface area contributed by atoms with Crippen LogP contribution in [0.25, 0.3) is 6.08 Å². The zero-order valence-electron chi connectivity index (χ0n) is 17.1. The standard InChI is InChI=1S/C20H20ClN5O5/c1-11(2)10-25-19(21)14(12(3)24-25)6-13(9-22)20(27)23-15-7-17-18(31-5-4-30-17)8-16(15)26(28)29/h6-8,11H,4-5,10H2,1-3H3,(H,23,27)/b13-6+. The minimum atomic E-state index is -0.825. The van der Waals surface area contributed by atoms with E-state index in [1.807, 2.05) is 19.9 Å². The first-order valence-corrected chi connectivity index (χ1v) is 9.83. The molecule has 1 N–H and O–H groups in total. The highest BCUT2D eigenvalue weighted by atomic mass is 35.5. The summed E-state index contributed by atoms with van der Waals surface area (Å²) >= 11 is 6.38. The number of anilines is 1. The van der Waals surface area contributed by atoms with Crippen LogP contribution in [0.4, 0.5) is 11.4 Å². The Morgan fingerprint density at radius 3 is 2.65 bits per heavy atom. The highest BCUT2D eigenvalue weighted by molar-refractivity contribution is 6.31. The van der Waals surface area contributed by atoms with Crippen molar-refractivity contribution in [2.45, 2.75) is 27.3 Å². The van der Waals surface area contributed by atoms with Gasteiger partial charge in [-0.1, -0.05) is 25.4 Å². The number of amides is 1. The average molecular weight is 446 g/mol. The van der Waals surface area contributed by atoms with Crippen molar-refractivity contribution in [2.75, 3.05) is 18.5 Å². The number of benzene rings is 1. The van der Waals surface area contributed by atoms with E-state index in [2.05, 4.69) is 10.4 Å². The highest BCUT2D eigenvalue weighted by Gasteiger charge is 2.25. The van der Waals surface area contributed by atoms with Crippen molar-refractivity contribution in [1.29, 1.82) is 5.26 Å². The van der Waals surface area contributed by atoms with Gasteiger partial charge in [-0.05, 0) is 18.9 Å². The Labute approximate surface area is 183 Å². The van der Waals surface area contributed by atoms with Gasteiger partial charge in [-0.2, -0.15) is 10.4 Å². The number of halogens is 1. The van der Waals surface area contributed by atoms with Crippen LogP contribution in [0.3, 0.4) is 0 Å². The third-order valence-corrected chi connectivity index (χ3v) is 4.81. The van der Waals surface area contributed by atoms with Crippen molar-refractivity contribution >= 4 is 35.0 Å². The van der Waals surface area contributed by atoms with E-state index in [1.54, 1.807) is 11.6 Å². The van der Waals surface area contributed by atoms with Crippen LogP contribution >= 0.6 is 11.6 Å². The third kappa shape index (κ3) is 4.78. The zero-order chi connectivity index (χ0) is 22.7. The SMILES string of the molecule is Cc1nn(CC(C)C)c(Cl)c1/C=C(\C#N)C(=O)Nc1cc2c(cc1[N+](=O)[O-])OCCO2. The number of hydrogen-bond donors (Lipinski definition) is 1. The number of aryl methyl sites for hydroxylation is 1. The van der Waals surface area contributed by atoms with Gasteiger partial charge in [-0.25, -0.2) is 0 Å². The lowest BCUT2D eigenvalue weighted by molar-refractivity contribution is -0.384. The average Bonchev–Trinajstić information content (AvgIpc) is 2.97. The molecule has 2 heterocycles. The molecule has 31 heavy (non-hydrogen) atoms. The first-order chi connectivity index (χ1) is 14.7. The molecular weight excluding hydrogens is 426 g/mol. The summed E-state index contributed by atoms with van der Waals surface area (Å²) in [5, 5.41) is 28.0. The van der Waals surface area contributed by atoms with E-state index in [9.17, 15) is 20.2 Å². The Bertz CT molecular complexity index is 1120. The number of aromatic nitrogens is 2. The summed E-state index contributed by atoms with van der Waals surface area (Å²) in [6, 6.07) is 4.30. The number of nitro groups is 1. The normalized spacial score (nSPS) is 13.1. The first kappa shape index (κ1) is 22.1. The van der Waals surface area contributed by atoms with Crippen molar-refractivity contribution in [3.63, 3.8) is 0 Å². The second-order valence-electron chi connectivity index (χ2n) is 7.26. The number of nitrogens with one attached hydrogen (secondary N) is 1. The number of nitriles is 1. The fraction of sp³-hybridized carbons (Fsp3) is 0.350. The van der Waals surface area contributed by atoms with Crippen LogP contribution in [0.1, 0.15) is 25.1 Å². The lowest BCUT2D eigenvalue weighted by Crippen LogP contribution is -2.18. The number of ether oxygens (including phenoxy) is 2. The molecule has 1 aromatic heterocycles.